The van der Waals surface area contributed by atoms with E-state index >= 15 is 0 Å². The van der Waals surface area contributed by atoms with E-state index in [-0.39, 0.29) is 5.56 Å². The first-order valence-electron chi connectivity index (χ1n) is 7.98. The molecular weight excluding hydrogens is 355 g/mol. The lowest BCUT2D eigenvalue weighted by atomic mass is 10.1. The van der Waals surface area contributed by atoms with Gasteiger partial charge in [-0.3, -0.25) is 9.78 Å². The monoisotopic (exact) mass is 370 g/mol. The first kappa shape index (κ1) is 17.8. The van der Waals surface area contributed by atoms with Gasteiger partial charge in [0, 0.05) is 30.4 Å². The maximum absolute atomic E-state index is 14.2. The number of carbonyl (C=O) groups excluding carboxylic acids is 1. The lowest BCUT2D eigenvalue weighted by molar-refractivity contribution is 0.102. The van der Waals surface area contributed by atoms with Gasteiger partial charge in [0.25, 0.3) is 5.91 Å². The summed E-state index contributed by atoms with van der Waals surface area (Å²) in [5.74, 6) is -0.916. The fraction of sp³-hybridized carbons (Fsp3) is 0.105. The number of anilines is 2. The summed E-state index contributed by atoms with van der Waals surface area (Å²) < 4.78 is 14.2. The van der Waals surface area contributed by atoms with Crippen molar-refractivity contribution >= 4 is 28.9 Å². The van der Waals surface area contributed by atoms with Crippen LogP contribution in [0.2, 0.25) is 5.15 Å². The van der Waals surface area contributed by atoms with Crippen LogP contribution in [-0.4, -0.2) is 22.4 Å². The number of pyridine rings is 2. The number of benzene rings is 1. The third kappa shape index (κ3) is 4.77. The molecule has 0 aliphatic heterocycles. The number of amides is 1. The summed E-state index contributed by atoms with van der Waals surface area (Å²) in [5.41, 5.74) is 1.96. The Morgan fingerprint density at radius 3 is 2.69 bits per heavy atom. The Balaban J connectivity index is 1.59. The summed E-state index contributed by atoms with van der Waals surface area (Å²) >= 11 is 5.70. The molecule has 0 atom stereocenters. The van der Waals surface area contributed by atoms with Crippen LogP contribution in [-0.2, 0) is 6.42 Å². The first-order valence-corrected chi connectivity index (χ1v) is 8.36. The van der Waals surface area contributed by atoms with Crippen molar-refractivity contribution in [1.82, 2.24) is 9.97 Å². The fourth-order valence-corrected chi connectivity index (χ4v) is 2.44. The molecule has 1 amide bonds. The van der Waals surface area contributed by atoms with Gasteiger partial charge in [-0.2, -0.15) is 0 Å². The van der Waals surface area contributed by atoms with Gasteiger partial charge < -0.3 is 10.6 Å². The predicted molar refractivity (Wildman–Crippen MR) is 100 cm³/mol. The van der Waals surface area contributed by atoms with Gasteiger partial charge in [0.15, 0.2) is 0 Å². The zero-order valence-corrected chi connectivity index (χ0v) is 14.5. The van der Waals surface area contributed by atoms with Crippen molar-refractivity contribution in [2.24, 2.45) is 0 Å². The van der Waals surface area contributed by atoms with E-state index in [1.165, 1.54) is 12.3 Å². The lowest BCUT2D eigenvalue weighted by Crippen LogP contribution is -2.13. The van der Waals surface area contributed by atoms with Gasteiger partial charge in [-0.05, 0) is 42.5 Å². The Kier molecular flexibility index (Phi) is 5.76. The van der Waals surface area contributed by atoms with E-state index in [9.17, 15) is 9.18 Å². The van der Waals surface area contributed by atoms with Crippen molar-refractivity contribution in [3.05, 3.63) is 83.2 Å². The van der Waals surface area contributed by atoms with Gasteiger partial charge in [0.2, 0.25) is 0 Å². The molecule has 7 heteroatoms. The maximum atomic E-state index is 14.2. The number of hydrogen-bond donors (Lipinski definition) is 2. The maximum Gasteiger partial charge on any atom is 0.255 e. The average molecular weight is 371 g/mol. The minimum atomic E-state index is -0.493. The standard InChI is InChI=1S/C19H16ClFN4O/c20-18-7-5-15(12-24-18)25-19(26)13-4-6-17(16(21)11-13)23-10-8-14-3-1-2-9-22-14/h1-7,9,11-12,23H,8,10H2,(H,25,26). The van der Waals surface area contributed by atoms with Gasteiger partial charge in [-0.15, -0.1) is 0 Å². The van der Waals surface area contributed by atoms with Crippen molar-refractivity contribution in [2.75, 3.05) is 17.2 Å². The Morgan fingerprint density at radius 1 is 1.12 bits per heavy atom. The minimum Gasteiger partial charge on any atom is -0.382 e. The molecule has 1 aromatic carbocycles. The van der Waals surface area contributed by atoms with Crippen molar-refractivity contribution in [2.45, 2.75) is 6.42 Å². The Morgan fingerprint density at radius 2 is 2.00 bits per heavy atom. The third-order valence-corrected chi connectivity index (χ3v) is 3.86. The number of hydrogen-bond acceptors (Lipinski definition) is 4. The van der Waals surface area contributed by atoms with Crippen molar-refractivity contribution in [1.29, 1.82) is 0 Å². The summed E-state index contributed by atoms with van der Waals surface area (Å²) in [6.45, 7) is 0.538. The van der Waals surface area contributed by atoms with E-state index in [4.69, 9.17) is 11.6 Å². The van der Waals surface area contributed by atoms with E-state index in [0.717, 1.165) is 5.69 Å². The van der Waals surface area contributed by atoms with Crippen LogP contribution in [0.5, 0.6) is 0 Å². The van der Waals surface area contributed by atoms with E-state index in [2.05, 4.69) is 20.6 Å². The first-order chi connectivity index (χ1) is 12.6. The summed E-state index contributed by atoms with van der Waals surface area (Å²) in [7, 11) is 0. The molecule has 0 radical (unpaired) electrons. The highest BCUT2D eigenvalue weighted by atomic mass is 35.5. The highest BCUT2D eigenvalue weighted by Gasteiger charge is 2.10. The largest absolute Gasteiger partial charge is 0.382 e. The normalized spacial score (nSPS) is 10.4. The van der Waals surface area contributed by atoms with Gasteiger partial charge in [-0.1, -0.05) is 17.7 Å². The number of carbonyl (C=O) groups is 1. The summed E-state index contributed by atoms with van der Waals surface area (Å²) in [6, 6.07) is 13.2. The SMILES string of the molecule is O=C(Nc1ccc(Cl)nc1)c1ccc(NCCc2ccccn2)c(F)c1. The molecule has 0 fully saturated rings. The second-order valence-corrected chi connectivity index (χ2v) is 5.90. The molecule has 0 saturated carbocycles. The minimum absolute atomic E-state index is 0.215. The Bertz CT molecular complexity index is 888. The van der Waals surface area contributed by atoms with Crippen LogP contribution in [0.3, 0.4) is 0 Å². The highest BCUT2D eigenvalue weighted by Crippen LogP contribution is 2.17. The van der Waals surface area contributed by atoms with Crippen LogP contribution >= 0.6 is 11.6 Å². The second-order valence-electron chi connectivity index (χ2n) is 5.52. The van der Waals surface area contributed by atoms with E-state index in [1.807, 2.05) is 18.2 Å². The van der Waals surface area contributed by atoms with Crippen LogP contribution in [0.15, 0.2) is 60.9 Å². The van der Waals surface area contributed by atoms with Crippen LogP contribution in [0.4, 0.5) is 15.8 Å². The van der Waals surface area contributed by atoms with Gasteiger partial charge >= 0.3 is 0 Å². The molecular formula is C19H16ClFN4O. The molecule has 0 bridgehead atoms. The predicted octanol–water partition coefficient (Wildman–Crippen LogP) is 4.18. The van der Waals surface area contributed by atoms with Crippen LogP contribution < -0.4 is 10.6 Å². The summed E-state index contributed by atoms with van der Waals surface area (Å²) in [5, 5.41) is 5.98. The zero-order chi connectivity index (χ0) is 18.4. The van der Waals surface area contributed by atoms with E-state index in [0.29, 0.717) is 29.5 Å². The fourth-order valence-electron chi connectivity index (χ4n) is 2.32. The second kappa shape index (κ2) is 8.40. The van der Waals surface area contributed by atoms with Gasteiger partial charge in [0.05, 0.1) is 17.6 Å². The van der Waals surface area contributed by atoms with Gasteiger partial charge in [-0.25, -0.2) is 9.37 Å². The number of rotatable bonds is 6. The molecule has 2 N–H and O–H groups in total. The molecule has 2 aromatic heterocycles. The molecule has 0 spiro atoms. The lowest BCUT2D eigenvalue weighted by Gasteiger charge is -2.09. The van der Waals surface area contributed by atoms with E-state index in [1.54, 1.807) is 30.5 Å². The summed E-state index contributed by atoms with van der Waals surface area (Å²) in [6.07, 6.45) is 3.83. The number of nitrogens with one attached hydrogen (secondary N) is 2. The number of halogens is 2. The molecule has 0 aliphatic carbocycles. The smallest absolute Gasteiger partial charge is 0.255 e. The molecule has 132 valence electrons. The summed E-state index contributed by atoms with van der Waals surface area (Å²) in [4.78, 5) is 20.3. The number of aromatic nitrogens is 2. The van der Waals surface area contributed by atoms with Crippen molar-refractivity contribution in [3.8, 4) is 0 Å². The molecule has 0 aliphatic rings. The Hall–Kier alpha value is -2.99. The van der Waals surface area contributed by atoms with E-state index < -0.39 is 11.7 Å². The Labute approximate surface area is 155 Å². The topological polar surface area (TPSA) is 66.9 Å². The molecule has 5 nitrogen and oxygen atoms in total. The average Bonchev–Trinajstić information content (AvgIpc) is 2.65. The number of nitrogens with zero attached hydrogens (tertiary/aromatic N) is 2. The molecule has 26 heavy (non-hydrogen) atoms. The molecule has 2 heterocycles. The quantitative estimate of drug-likeness (QED) is 0.639. The van der Waals surface area contributed by atoms with Crippen molar-refractivity contribution in [3.63, 3.8) is 0 Å². The molecule has 0 saturated heterocycles. The van der Waals surface area contributed by atoms with Gasteiger partial charge in [0.1, 0.15) is 11.0 Å². The van der Waals surface area contributed by atoms with Crippen molar-refractivity contribution < 1.29 is 9.18 Å². The highest BCUT2D eigenvalue weighted by molar-refractivity contribution is 6.29. The zero-order valence-electron chi connectivity index (χ0n) is 13.7. The molecule has 3 rings (SSSR count). The van der Waals surface area contributed by atoms with Crippen LogP contribution in [0.25, 0.3) is 0 Å². The van der Waals surface area contributed by atoms with Crippen LogP contribution in [0.1, 0.15) is 16.1 Å². The van der Waals surface area contributed by atoms with Crippen LogP contribution in [0, 0.1) is 5.82 Å². The third-order valence-electron chi connectivity index (χ3n) is 3.64. The molecule has 3 aromatic rings. The molecule has 0 unspecified atom stereocenters.